The number of aliphatic carboxylic acids is 1. The lowest BCUT2D eigenvalue weighted by molar-refractivity contribution is -0.143. The van der Waals surface area contributed by atoms with Crippen molar-refractivity contribution in [2.45, 2.75) is 30.0 Å². The third-order valence-corrected chi connectivity index (χ3v) is 9.03. The number of benzene rings is 2. The smallest absolute Gasteiger partial charge is 0.434 e. The van der Waals surface area contributed by atoms with Gasteiger partial charge in [-0.15, -0.1) is 11.8 Å². The number of thioether (sulfide) groups is 1. The van der Waals surface area contributed by atoms with Crippen LogP contribution in [0.5, 0.6) is 0 Å². The average molecular weight is 699 g/mol. The Morgan fingerprint density at radius 1 is 1.09 bits per heavy atom. The number of carbonyl (C=O) groups is 4. The third kappa shape index (κ3) is 8.22. The lowest BCUT2D eigenvalue weighted by Gasteiger charge is -2.31. The molecule has 1 atom stereocenters. The molecule has 16 heteroatoms. The highest BCUT2D eigenvalue weighted by molar-refractivity contribution is 7.98. The minimum atomic E-state index is -4.95. The SMILES string of the molecule is CSc1ccc(C=CC(=O)N2CCC(C(=O)N[C@@H](CNC(=O)c3cnn(-c4ccccc4)c3C(F)(F)F)C(=O)O)CC2)c(Cl)c1Cl. The van der Waals surface area contributed by atoms with E-state index in [1.165, 1.54) is 47.0 Å². The van der Waals surface area contributed by atoms with Crippen molar-refractivity contribution in [3.8, 4) is 5.69 Å². The molecule has 10 nitrogen and oxygen atoms in total. The maximum absolute atomic E-state index is 13.9. The first-order valence-electron chi connectivity index (χ1n) is 13.8. The Bertz CT molecular complexity index is 1640. The van der Waals surface area contributed by atoms with Crippen LogP contribution in [0, 0.1) is 5.92 Å². The lowest BCUT2D eigenvalue weighted by Crippen LogP contribution is -2.51. The summed E-state index contributed by atoms with van der Waals surface area (Å²) in [5.41, 5.74) is -1.49. The molecule has 4 rings (SSSR count). The van der Waals surface area contributed by atoms with Gasteiger partial charge in [0.2, 0.25) is 11.8 Å². The second kappa shape index (κ2) is 15.1. The van der Waals surface area contributed by atoms with Gasteiger partial charge in [0.25, 0.3) is 5.91 Å². The van der Waals surface area contributed by atoms with Gasteiger partial charge in [-0.1, -0.05) is 47.5 Å². The number of aromatic nitrogens is 2. The van der Waals surface area contributed by atoms with Crippen LogP contribution >= 0.6 is 35.0 Å². The Kier molecular flexibility index (Phi) is 11.4. The molecule has 0 radical (unpaired) electrons. The number of carboxylic acids is 1. The Labute approximate surface area is 275 Å². The molecule has 1 fully saturated rings. The number of nitrogens with one attached hydrogen (secondary N) is 2. The highest BCUT2D eigenvalue weighted by Gasteiger charge is 2.41. The number of piperidine rings is 1. The number of likely N-dealkylation sites (tertiary alicyclic amines) is 1. The van der Waals surface area contributed by atoms with Gasteiger partial charge in [-0.3, -0.25) is 14.4 Å². The first-order valence-corrected chi connectivity index (χ1v) is 15.8. The summed E-state index contributed by atoms with van der Waals surface area (Å²) >= 11 is 14.0. The van der Waals surface area contributed by atoms with Crippen molar-refractivity contribution in [3.05, 3.63) is 81.6 Å². The maximum atomic E-state index is 13.9. The molecule has 3 N–H and O–H groups in total. The lowest BCUT2D eigenvalue weighted by atomic mass is 9.95. The summed E-state index contributed by atoms with van der Waals surface area (Å²) in [6.45, 7) is -0.233. The van der Waals surface area contributed by atoms with Gasteiger partial charge in [-0.25, -0.2) is 9.48 Å². The molecule has 1 aromatic heterocycles. The van der Waals surface area contributed by atoms with E-state index < -0.39 is 53.7 Å². The molecule has 0 spiro atoms. The molecule has 0 bridgehead atoms. The first-order chi connectivity index (χ1) is 21.8. The Morgan fingerprint density at radius 2 is 1.76 bits per heavy atom. The fraction of sp³-hybridized carbons (Fsp3) is 0.300. The summed E-state index contributed by atoms with van der Waals surface area (Å²) < 4.78 is 42.3. The number of para-hydroxylation sites is 1. The van der Waals surface area contributed by atoms with Crippen molar-refractivity contribution in [1.82, 2.24) is 25.3 Å². The molecule has 2 aromatic carbocycles. The Hall–Kier alpha value is -4.01. The van der Waals surface area contributed by atoms with Crippen LogP contribution < -0.4 is 10.6 Å². The van der Waals surface area contributed by atoms with E-state index in [0.29, 0.717) is 20.3 Å². The second-order valence-electron chi connectivity index (χ2n) is 10.2. The highest BCUT2D eigenvalue weighted by Crippen LogP contribution is 2.35. The molecular formula is C30H28Cl2F3N5O5S. The normalized spacial score (nSPS) is 14.7. The standard InChI is InChI=1S/C30H28Cl2F3N5O5S/c1-46-22-9-7-17(24(31)25(22)32)8-10-23(41)39-13-11-18(12-14-39)27(42)38-21(29(44)45)16-36-28(43)20-15-37-40(26(20)30(33,34)35)19-5-3-2-4-6-19/h2-10,15,18,21H,11-14,16H2,1H3,(H,36,43)(H,38,42)(H,44,45)/t21-/m0/s1. The quantitative estimate of drug-likeness (QED) is 0.197. The van der Waals surface area contributed by atoms with Gasteiger partial charge < -0.3 is 20.6 Å². The van der Waals surface area contributed by atoms with E-state index in [1.807, 2.05) is 6.26 Å². The molecule has 1 aliphatic heterocycles. The number of amides is 3. The number of carboxylic acid groups (broad SMARTS) is 1. The number of alkyl halides is 3. The number of carbonyl (C=O) groups excluding carboxylic acids is 3. The second-order valence-corrected chi connectivity index (χ2v) is 11.8. The van der Waals surface area contributed by atoms with Crippen molar-refractivity contribution < 1.29 is 37.5 Å². The predicted octanol–water partition coefficient (Wildman–Crippen LogP) is 5.17. The highest BCUT2D eigenvalue weighted by atomic mass is 35.5. The van der Waals surface area contributed by atoms with Crippen molar-refractivity contribution in [3.63, 3.8) is 0 Å². The summed E-state index contributed by atoms with van der Waals surface area (Å²) in [6.07, 6.45) is 1.05. The zero-order valence-electron chi connectivity index (χ0n) is 24.2. The van der Waals surface area contributed by atoms with Crippen LogP contribution in [0.25, 0.3) is 11.8 Å². The molecule has 0 saturated carbocycles. The number of hydrogen-bond acceptors (Lipinski definition) is 6. The maximum Gasteiger partial charge on any atom is 0.434 e. The van der Waals surface area contributed by atoms with Gasteiger partial charge in [0, 0.05) is 36.5 Å². The minimum Gasteiger partial charge on any atom is -0.480 e. The van der Waals surface area contributed by atoms with Crippen LogP contribution in [0.4, 0.5) is 13.2 Å². The van der Waals surface area contributed by atoms with E-state index in [4.69, 9.17) is 23.2 Å². The molecular weight excluding hydrogens is 670 g/mol. The van der Waals surface area contributed by atoms with Crippen LogP contribution in [-0.2, 0) is 20.6 Å². The van der Waals surface area contributed by atoms with E-state index in [-0.39, 0.29) is 37.5 Å². The zero-order valence-corrected chi connectivity index (χ0v) is 26.5. The van der Waals surface area contributed by atoms with E-state index in [9.17, 15) is 37.5 Å². The number of nitrogens with zero attached hydrogens (tertiary/aromatic N) is 3. The van der Waals surface area contributed by atoms with Gasteiger partial charge in [0.05, 0.1) is 27.5 Å². The third-order valence-electron chi connectivity index (χ3n) is 7.24. The summed E-state index contributed by atoms with van der Waals surface area (Å²) in [5, 5.41) is 18.6. The Morgan fingerprint density at radius 3 is 2.37 bits per heavy atom. The van der Waals surface area contributed by atoms with Crippen molar-refractivity contribution in [2.75, 3.05) is 25.9 Å². The molecule has 0 unspecified atom stereocenters. The monoisotopic (exact) mass is 697 g/mol. The van der Waals surface area contributed by atoms with E-state index in [0.717, 1.165) is 11.1 Å². The first kappa shape index (κ1) is 34.9. The van der Waals surface area contributed by atoms with Crippen LogP contribution in [0.3, 0.4) is 0 Å². The van der Waals surface area contributed by atoms with E-state index >= 15 is 0 Å². The van der Waals surface area contributed by atoms with E-state index in [2.05, 4.69) is 15.7 Å². The topological polar surface area (TPSA) is 134 Å². The largest absolute Gasteiger partial charge is 0.480 e. The van der Waals surface area contributed by atoms with E-state index in [1.54, 1.807) is 24.3 Å². The fourth-order valence-corrected chi connectivity index (χ4v) is 5.97. The molecule has 0 aliphatic carbocycles. The zero-order chi connectivity index (χ0) is 33.6. The summed E-state index contributed by atoms with van der Waals surface area (Å²) in [4.78, 5) is 52.6. The number of hydrogen-bond donors (Lipinski definition) is 3. The molecule has 3 amide bonds. The Balaban J connectivity index is 1.33. The van der Waals surface area contributed by atoms with Crippen LogP contribution in [-0.4, -0.2) is 75.4 Å². The molecule has 1 saturated heterocycles. The minimum absolute atomic E-state index is 0.0728. The van der Waals surface area contributed by atoms with Gasteiger partial charge in [-0.05, 0) is 48.9 Å². The van der Waals surface area contributed by atoms with Gasteiger partial charge in [0.15, 0.2) is 5.69 Å². The summed E-state index contributed by atoms with van der Waals surface area (Å²) in [5.74, 6) is -4.25. The van der Waals surface area contributed by atoms with Crippen LogP contribution in [0.15, 0.2) is 59.6 Å². The molecule has 244 valence electrons. The summed E-state index contributed by atoms with van der Waals surface area (Å²) in [7, 11) is 0. The van der Waals surface area contributed by atoms with Crippen molar-refractivity contribution in [1.29, 1.82) is 0 Å². The molecule has 46 heavy (non-hydrogen) atoms. The molecule has 2 heterocycles. The van der Waals surface area contributed by atoms with Crippen LogP contribution in [0.2, 0.25) is 10.0 Å². The average Bonchev–Trinajstić information content (AvgIpc) is 3.50. The van der Waals surface area contributed by atoms with Crippen molar-refractivity contribution in [2.24, 2.45) is 5.92 Å². The number of halogens is 5. The van der Waals surface area contributed by atoms with Crippen molar-refractivity contribution >= 4 is 64.7 Å². The fourth-order valence-electron chi connectivity index (χ4n) is 4.79. The summed E-state index contributed by atoms with van der Waals surface area (Å²) in [6, 6.07) is 9.31. The van der Waals surface area contributed by atoms with Gasteiger partial charge >= 0.3 is 12.1 Å². The van der Waals surface area contributed by atoms with Gasteiger partial charge in [0.1, 0.15) is 6.04 Å². The molecule has 1 aliphatic rings. The van der Waals surface area contributed by atoms with Gasteiger partial charge in [-0.2, -0.15) is 18.3 Å². The molecule has 3 aromatic rings. The van der Waals surface area contributed by atoms with Crippen LogP contribution in [0.1, 0.15) is 34.5 Å². The number of rotatable bonds is 10. The predicted molar refractivity (Wildman–Crippen MR) is 167 cm³/mol.